The van der Waals surface area contributed by atoms with Crippen LogP contribution in [-0.2, 0) is 28.1 Å². The van der Waals surface area contributed by atoms with Gasteiger partial charge in [-0.05, 0) is 0 Å². The van der Waals surface area contributed by atoms with Gasteiger partial charge in [0.1, 0.15) is 0 Å². The third kappa shape index (κ3) is 4.22. The van der Waals surface area contributed by atoms with Crippen molar-refractivity contribution in [1.82, 2.24) is 0 Å². The van der Waals surface area contributed by atoms with Crippen LogP contribution in [-0.4, -0.2) is 13.1 Å². The summed E-state index contributed by atoms with van der Waals surface area (Å²) in [7, 11) is 1.39. The van der Waals surface area contributed by atoms with E-state index in [0.29, 0.717) is 0 Å². The molecule has 0 aliphatic carbocycles. The smallest absolute Gasteiger partial charge is 0.308 e. The average molecular weight is 153 g/mol. The van der Waals surface area contributed by atoms with E-state index in [-0.39, 0.29) is 30.4 Å². The molecule has 0 N–H and O–H groups in total. The van der Waals surface area contributed by atoms with E-state index in [4.69, 9.17) is 0 Å². The fourth-order valence-corrected chi connectivity index (χ4v) is 0.236. The Hall–Kier alpha value is 0.0544. The molecule has 47 valence electrons. The van der Waals surface area contributed by atoms with Crippen LogP contribution in [0, 0.1) is 5.92 Å². The molecule has 0 atom stereocenters. The van der Waals surface area contributed by atoms with E-state index in [2.05, 4.69) is 4.74 Å². The summed E-state index contributed by atoms with van der Waals surface area (Å²) in [5.41, 5.74) is 0. The normalized spacial score (nSPS) is 8.00. The molecule has 2 nitrogen and oxygen atoms in total. The Bertz CT molecular complexity index is 70.8. The van der Waals surface area contributed by atoms with Crippen molar-refractivity contribution in [2.45, 2.75) is 13.8 Å². The Kier molecular flexibility index (Phi) is 7.10. The van der Waals surface area contributed by atoms with Crippen LogP contribution in [0.1, 0.15) is 13.8 Å². The summed E-state index contributed by atoms with van der Waals surface area (Å²) in [5.74, 6) is -0.148. The summed E-state index contributed by atoms with van der Waals surface area (Å²) >= 11 is 0. The largest absolute Gasteiger partial charge is 0.469 e. The molecule has 0 unspecified atom stereocenters. The van der Waals surface area contributed by atoms with Crippen LogP contribution in [0.15, 0.2) is 0 Å². The minimum Gasteiger partial charge on any atom is -0.469 e. The molecule has 0 rings (SSSR count). The van der Waals surface area contributed by atoms with Crippen molar-refractivity contribution >= 4 is 5.97 Å². The zero-order valence-corrected chi connectivity index (χ0v) is 6.74. The minimum absolute atomic E-state index is 0. The SMILES string of the molecule is COC(=O)C(C)C.[V]. The Balaban J connectivity index is 0. The van der Waals surface area contributed by atoms with Crippen molar-refractivity contribution in [1.29, 1.82) is 0 Å². The Morgan fingerprint density at radius 2 is 1.88 bits per heavy atom. The van der Waals surface area contributed by atoms with Gasteiger partial charge in [0.2, 0.25) is 0 Å². The molecule has 0 fully saturated rings. The monoisotopic (exact) mass is 153 g/mol. The van der Waals surface area contributed by atoms with Crippen LogP contribution in [0.3, 0.4) is 0 Å². The summed E-state index contributed by atoms with van der Waals surface area (Å²) in [6.07, 6.45) is 0. The van der Waals surface area contributed by atoms with Crippen LogP contribution in [0.4, 0.5) is 0 Å². The predicted octanol–water partition coefficient (Wildman–Crippen LogP) is 0.813. The standard InChI is InChI=1S/C5H10O2.V/c1-4(2)5(6)7-3;/h4H,1-3H3;. The second kappa shape index (κ2) is 5.20. The van der Waals surface area contributed by atoms with Crippen molar-refractivity contribution < 1.29 is 28.1 Å². The summed E-state index contributed by atoms with van der Waals surface area (Å²) in [6.45, 7) is 3.59. The number of carbonyl (C=O) groups excluding carboxylic acids is 1. The molecule has 0 aromatic rings. The van der Waals surface area contributed by atoms with Crippen molar-refractivity contribution in [2.24, 2.45) is 5.92 Å². The molecule has 0 spiro atoms. The second-order valence-electron chi connectivity index (χ2n) is 1.68. The van der Waals surface area contributed by atoms with Gasteiger partial charge in [0.15, 0.2) is 0 Å². The molecule has 0 saturated carbocycles. The predicted molar refractivity (Wildman–Crippen MR) is 26.9 cm³/mol. The summed E-state index contributed by atoms with van der Waals surface area (Å²) < 4.78 is 4.37. The average Bonchev–Trinajstić information content (AvgIpc) is 1.65. The molecule has 0 heterocycles. The first-order chi connectivity index (χ1) is 3.18. The molecule has 8 heavy (non-hydrogen) atoms. The second-order valence-corrected chi connectivity index (χ2v) is 1.68. The van der Waals surface area contributed by atoms with Gasteiger partial charge in [-0.1, -0.05) is 13.8 Å². The number of methoxy groups -OCH3 is 1. The van der Waals surface area contributed by atoms with E-state index in [1.165, 1.54) is 7.11 Å². The Morgan fingerprint density at radius 3 is 1.88 bits per heavy atom. The van der Waals surface area contributed by atoms with Crippen molar-refractivity contribution in [3.8, 4) is 0 Å². The molecular weight excluding hydrogens is 143 g/mol. The van der Waals surface area contributed by atoms with Crippen LogP contribution >= 0.6 is 0 Å². The first kappa shape index (κ1) is 10.9. The molecule has 0 bridgehead atoms. The Morgan fingerprint density at radius 1 is 1.50 bits per heavy atom. The number of hydrogen-bond donors (Lipinski definition) is 0. The molecule has 1 radical (unpaired) electrons. The van der Waals surface area contributed by atoms with Gasteiger partial charge in [-0.2, -0.15) is 0 Å². The molecule has 0 aromatic carbocycles. The summed E-state index contributed by atoms with van der Waals surface area (Å²) in [4.78, 5) is 10.3. The van der Waals surface area contributed by atoms with E-state index in [1.807, 2.05) is 0 Å². The van der Waals surface area contributed by atoms with Crippen molar-refractivity contribution in [3.63, 3.8) is 0 Å². The van der Waals surface area contributed by atoms with Gasteiger partial charge in [-0.25, -0.2) is 0 Å². The molecule has 0 amide bonds. The third-order valence-electron chi connectivity index (χ3n) is 0.673. The van der Waals surface area contributed by atoms with Crippen LogP contribution < -0.4 is 0 Å². The van der Waals surface area contributed by atoms with E-state index < -0.39 is 0 Å². The maximum atomic E-state index is 10.3. The van der Waals surface area contributed by atoms with Gasteiger partial charge in [0.25, 0.3) is 0 Å². The van der Waals surface area contributed by atoms with Gasteiger partial charge >= 0.3 is 5.97 Å². The third-order valence-corrected chi connectivity index (χ3v) is 0.673. The first-order valence-corrected chi connectivity index (χ1v) is 2.26. The molecular formula is C5H10O2V. The van der Waals surface area contributed by atoms with E-state index in [9.17, 15) is 4.79 Å². The quantitative estimate of drug-likeness (QED) is 0.521. The van der Waals surface area contributed by atoms with Crippen molar-refractivity contribution in [3.05, 3.63) is 0 Å². The van der Waals surface area contributed by atoms with Crippen LogP contribution in [0.5, 0.6) is 0 Å². The maximum Gasteiger partial charge on any atom is 0.308 e. The summed E-state index contributed by atoms with van der Waals surface area (Å²) in [5, 5.41) is 0. The topological polar surface area (TPSA) is 26.3 Å². The number of esters is 1. The van der Waals surface area contributed by atoms with Crippen LogP contribution in [0.2, 0.25) is 0 Å². The van der Waals surface area contributed by atoms with Gasteiger partial charge in [0, 0.05) is 18.6 Å². The van der Waals surface area contributed by atoms with Gasteiger partial charge in [-0.3, -0.25) is 4.79 Å². The molecule has 0 aliphatic rings. The fraction of sp³-hybridized carbons (Fsp3) is 0.800. The number of rotatable bonds is 1. The molecule has 0 aromatic heterocycles. The van der Waals surface area contributed by atoms with Gasteiger partial charge in [-0.15, -0.1) is 0 Å². The number of hydrogen-bond acceptors (Lipinski definition) is 2. The molecule has 0 saturated heterocycles. The Labute approximate surface area is 61.5 Å². The number of carbonyl (C=O) groups is 1. The fourth-order valence-electron chi connectivity index (χ4n) is 0.236. The van der Waals surface area contributed by atoms with Gasteiger partial charge < -0.3 is 4.74 Å². The van der Waals surface area contributed by atoms with E-state index in [1.54, 1.807) is 13.8 Å². The maximum absolute atomic E-state index is 10.3. The van der Waals surface area contributed by atoms with Crippen LogP contribution in [0.25, 0.3) is 0 Å². The van der Waals surface area contributed by atoms with Gasteiger partial charge in [0.05, 0.1) is 13.0 Å². The first-order valence-electron chi connectivity index (χ1n) is 2.26. The van der Waals surface area contributed by atoms with E-state index >= 15 is 0 Å². The zero-order valence-electron chi connectivity index (χ0n) is 5.34. The molecule has 3 heteroatoms. The minimum atomic E-state index is -0.153. The van der Waals surface area contributed by atoms with E-state index in [0.717, 1.165) is 0 Å². The number of ether oxygens (including phenoxy) is 1. The zero-order chi connectivity index (χ0) is 5.86. The molecule has 0 aliphatic heterocycles. The van der Waals surface area contributed by atoms with Crippen molar-refractivity contribution in [2.75, 3.05) is 7.11 Å². The summed E-state index contributed by atoms with van der Waals surface area (Å²) in [6, 6.07) is 0.